The van der Waals surface area contributed by atoms with Crippen molar-refractivity contribution in [3.63, 3.8) is 0 Å². The molecule has 0 fully saturated rings. The first kappa shape index (κ1) is 33.2. The third-order valence-corrected chi connectivity index (χ3v) is 10.5. The van der Waals surface area contributed by atoms with Gasteiger partial charge in [-0.15, -0.1) is 0 Å². The average Bonchev–Trinajstić information content (AvgIpc) is 3.12. The van der Waals surface area contributed by atoms with E-state index in [2.05, 4.69) is 165 Å². The molecule has 8 rings (SSSR count). The third kappa shape index (κ3) is 5.47. The van der Waals surface area contributed by atoms with E-state index in [0.717, 1.165) is 121 Å². The Morgan fingerprint density at radius 2 is 0.423 bits per heavy atom. The van der Waals surface area contributed by atoms with E-state index in [1.807, 2.05) is 0 Å². The van der Waals surface area contributed by atoms with Crippen molar-refractivity contribution in [3.05, 3.63) is 175 Å². The molecule has 0 spiro atoms. The van der Waals surface area contributed by atoms with Crippen molar-refractivity contribution in [1.82, 2.24) is 0 Å². The second-order valence-corrected chi connectivity index (χ2v) is 14.3. The molecule has 2 aliphatic rings. The first-order chi connectivity index (χ1) is 25.1. The van der Waals surface area contributed by atoms with Crippen molar-refractivity contribution < 1.29 is 0 Å². The van der Waals surface area contributed by atoms with Gasteiger partial charge >= 0.3 is 0 Å². The Kier molecular flexibility index (Phi) is 8.26. The predicted molar refractivity (Wildman–Crippen MR) is 216 cm³/mol. The normalized spacial score (nSPS) is 13.5. The van der Waals surface area contributed by atoms with E-state index in [1.165, 1.54) is 0 Å². The second-order valence-electron chi connectivity index (χ2n) is 14.3. The summed E-state index contributed by atoms with van der Waals surface area (Å²) >= 11 is 0. The van der Waals surface area contributed by atoms with Crippen LogP contribution in [0.1, 0.15) is 44.5 Å². The molecule has 4 nitrogen and oxygen atoms in total. The first-order valence-corrected chi connectivity index (χ1v) is 18.0. The lowest BCUT2D eigenvalue weighted by Gasteiger charge is -2.19. The van der Waals surface area contributed by atoms with Gasteiger partial charge in [-0.25, -0.2) is 20.0 Å². The molecule has 0 heterocycles. The van der Waals surface area contributed by atoms with Gasteiger partial charge in [0, 0.05) is 32.7 Å². The zero-order valence-electron chi connectivity index (χ0n) is 31.2. The van der Waals surface area contributed by atoms with E-state index in [-0.39, 0.29) is 0 Å². The van der Waals surface area contributed by atoms with Gasteiger partial charge in [-0.05, 0) is 99.9 Å². The van der Waals surface area contributed by atoms with Gasteiger partial charge in [0.1, 0.15) is 0 Å². The molecule has 4 heteroatoms. The number of hydrogen-bond acceptors (Lipinski definition) is 4. The number of nitrogens with zero attached hydrogens (tertiary/aromatic N) is 4. The van der Waals surface area contributed by atoms with Gasteiger partial charge in [0.05, 0.1) is 44.2 Å². The van der Waals surface area contributed by atoms with Crippen LogP contribution in [0.5, 0.6) is 0 Å². The molecule has 0 saturated carbocycles. The fourth-order valence-electron chi connectivity index (χ4n) is 7.77. The smallest absolute Gasteiger partial charge is 0.0979 e. The minimum atomic E-state index is 0.864. The zero-order chi connectivity index (χ0) is 36.3. The van der Waals surface area contributed by atoms with Crippen molar-refractivity contribution in [2.24, 2.45) is 20.0 Å². The summed E-state index contributed by atoms with van der Waals surface area (Å²) < 4.78 is 0. The molecule has 0 atom stereocenters. The van der Waals surface area contributed by atoms with E-state index in [9.17, 15) is 0 Å². The predicted octanol–water partition coefficient (Wildman–Crippen LogP) is 10.8. The fourth-order valence-corrected chi connectivity index (χ4v) is 7.77. The lowest BCUT2D eigenvalue weighted by atomic mass is 9.86. The van der Waals surface area contributed by atoms with Gasteiger partial charge in [0.15, 0.2) is 0 Å². The van der Waals surface area contributed by atoms with Gasteiger partial charge in [-0.3, -0.25) is 0 Å². The van der Waals surface area contributed by atoms with Crippen molar-refractivity contribution in [1.29, 1.82) is 0 Å². The third-order valence-electron chi connectivity index (χ3n) is 10.5. The molecule has 0 saturated heterocycles. The molecule has 0 amide bonds. The van der Waals surface area contributed by atoms with Gasteiger partial charge in [-0.2, -0.15) is 0 Å². The lowest BCUT2D eigenvalue weighted by Crippen LogP contribution is -2.34. The van der Waals surface area contributed by atoms with Crippen molar-refractivity contribution in [3.8, 4) is 11.1 Å². The molecule has 0 aliphatic heterocycles. The number of aryl methyl sites for hydroxylation is 8. The van der Waals surface area contributed by atoms with Gasteiger partial charge < -0.3 is 0 Å². The maximum absolute atomic E-state index is 5.55. The molecule has 0 bridgehead atoms. The lowest BCUT2D eigenvalue weighted by molar-refractivity contribution is 1.19. The highest BCUT2D eigenvalue weighted by Crippen LogP contribution is 2.36. The van der Waals surface area contributed by atoms with Gasteiger partial charge in [0.25, 0.3) is 0 Å². The quantitative estimate of drug-likeness (QED) is 0.167. The molecule has 0 aromatic heterocycles. The van der Waals surface area contributed by atoms with E-state index < -0.39 is 0 Å². The van der Waals surface area contributed by atoms with Gasteiger partial charge in [0.2, 0.25) is 0 Å². The minimum Gasteiger partial charge on any atom is -0.246 e. The van der Waals surface area contributed by atoms with Gasteiger partial charge in [-0.1, -0.05) is 109 Å². The summed E-state index contributed by atoms with van der Waals surface area (Å²) in [6.45, 7) is 17.1. The Labute approximate surface area is 305 Å². The maximum Gasteiger partial charge on any atom is 0.0979 e. The van der Waals surface area contributed by atoms with E-state index >= 15 is 0 Å². The van der Waals surface area contributed by atoms with Crippen LogP contribution in [0, 0.1) is 55.4 Å². The Bertz CT molecular complexity index is 2460. The highest BCUT2D eigenvalue weighted by molar-refractivity contribution is 6.11. The summed E-state index contributed by atoms with van der Waals surface area (Å²) in [5.74, 6) is 0. The Balaban J connectivity index is 1.70. The number of rotatable bonds is 4. The molecule has 6 aromatic rings. The highest BCUT2D eigenvalue weighted by Gasteiger charge is 2.23. The SMILES string of the molecule is Cc1cccc(C)c1N=c1c(=Nc2c(C)cccc2C)c2cccc3c2-c2c1cccc2c(=Nc1c(C)cccc1C)c3=Nc1c(C)cccc1C. The summed E-state index contributed by atoms with van der Waals surface area (Å²) in [7, 11) is 0. The van der Waals surface area contributed by atoms with E-state index in [0.29, 0.717) is 0 Å². The molecule has 52 heavy (non-hydrogen) atoms. The van der Waals surface area contributed by atoms with Crippen LogP contribution in [0.3, 0.4) is 0 Å². The molecule has 0 N–H and O–H groups in total. The standard InChI is InChI=1S/C48H42N4/c1-27-15-9-16-28(2)41(27)49-45-35-23-13-25-37-39(35)40-36(46(45)50-42-29(3)17-10-18-30(42)4)24-14-26-38(40)48(52-44-33(7)21-12-22-34(44)8)47(37)51-43-31(5)19-11-20-32(43)6/h9-26H,1-8H3. The Morgan fingerprint density at radius 3 is 0.615 bits per heavy atom. The Morgan fingerprint density at radius 1 is 0.250 bits per heavy atom. The minimum absolute atomic E-state index is 0.864. The first-order valence-electron chi connectivity index (χ1n) is 18.0. The topological polar surface area (TPSA) is 49.4 Å². The Hall–Kier alpha value is -6.00. The number of benzene rings is 8. The van der Waals surface area contributed by atoms with Crippen LogP contribution in [-0.4, -0.2) is 0 Å². The number of hydrogen-bond donors (Lipinski definition) is 0. The van der Waals surface area contributed by atoms with Crippen LogP contribution >= 0.6 is 0 Å². The highest BCUT2D eigenvalue weighted by atomic mass is 14.8. The maximum atomic E-state index is 5.55. The average molecular weight is 675 g/mol. The van der Waals surface area contributed by atoms with Crippen LogP contribution in [0.4, 0.5) is 22.7 Å². The van der Waals surface area contributed by atoms with Crippen LogP contribution < -0.4 is 21.4 Å². The molecular formula is C48H42N4. The summed E-state index contributed by atoms with van der Waals surface area (Å²) in [6.07, 6.45) is 0. The molecule has 254 valence electrons. The van der Waals surface area contributed by atoms with E-state index in [1.54, 1.807) is 0 Å². The zero-order valence-corrected chi connectivity index (χ0v) is 31.2. The van der Waals surface area contributed by atoms with Crippen LogP contribution in [-0.2, 0) is 0 Å². The van der Waals surface area contributed by atoms with Crippen LogP contribution in [0.15, 0.2) is 129 Å². The second kappa shape index (κ2) is 13.0. The van der Waals surface area contributed by atoms with Crippen molar-refractivity contribution in [2.75, 3.05) is 0 Å². The largest absolute Gasteiger partial charge is 0.246 e. The summed E-state index contributed by atoms with van der Waals surface area (Å²) in [6, 6.07) is 38.6. The summed E-state index contributed by atoms with van der Waals surface area (Å²) in [5, 5.41) is 7.64. The van der Waals surface area contributed by atoms with Crippen LogP contribution in [0.25, 0.3) is 32.7 Å². The van der Waals surface area contributed by atoms with E-state index in [4.69, 9.17) is 20.0 Å². The van der Waals surface area contributed by atoms with Crippen molar-refractivity contribution >= 4 is 44.3 Å². The number of para-hydroxylation sites is 4. The monoisotopic (exact) mass is 674 g/mol. The van der Waals surface area contributed by atoms with Crippen LogP contribution in [0.2, 0.25) is 0 Å². The molecule has 0 unspecified atom stereocenters. The fraction of sp³-hybridized carbons (Fsp3) is 0.167. The molecule has 6 aromatic carbocycles. The van der Waals surface area contributed by atoms with Crippen molar-refractivity contribution in [2.45, 2.75) is 55.4 Å². The molecular weight excluding hydrogens is 633 g/mol. The molecule has 0 radical (unpaired) electrons. The summed E-state index contributed by atoms with van der Waals surface area (Å²) in [5.41, 5.74) is 15.2. The molecule has 2 aliphatic carbocycles. The summed E-state index contributed by atoms with van der Waals surface area (Å²) in [4.78, 5) is 22.2.